The van der Waals surface area contributed by atoms with Crippen LogP contribution in [0.2, 0.25) is 0 Å². The average molecular weight is 349 g/mol. The molecular weight excluding hydrogens is 322 g/mol. The smallest absolute Gasteiger partial charge is 0.408 e. The van der Waals surface area contributed by atoms with Crippen LogP contribution in [0, 0.1) is 0 Å². The molecule has 0 saturated carbocycles. The van der Waals surface area contributed by atoms with Gasteiger partial charge in [0.2, 0.25) is 0 Å². The second-order valence-electron chi connectivity index (χ2n) is 6.38. The first-order valence-electron chi connectivity index (χ1n) is 7.32. The van der Waals surface area contributed by atoms with Gasteiger partial charge in [-0.25, -0.2) is 9.59 Å². The van der Waals surface area contributed by atoms with Crippen molar-refractivity contribution in [2.75, 3.05) is 19.1 Å². The van der Waals surface area contributed by atoms with E-state index in [1.165, 1.54) is 12.5 Å². The van der Waals surface area contributed by atoms with Gasteiger partial charge in [-0.3, -0.25) is 9.00 Å². The molecule has 0 aliphatic heterocycles. The average Bonchev–Trinajstić information content (AvgIpc) is 2.30. The maximum Gasteiger partial charge on any atom is 0.408 e. The highest BCUT2D eigenvalue weighted by molar-refractivity contribution is 8.01. The van der Waals surface area contributed by atoms with E-state index >= 15 is 0 Å². The summed E-state index contributed by atoms with van der Waals surface area (Å²) in [5.74, 6) is -0.986. The summed E-state index contributed by atoms with van der Waals surface area (Å²) in [5, 5.41) is 3.54. The third-order valence-corrected chi connectivity index (χ3v) is 3.19. The summed E-state index contributed by atoms with van der Waals surface area (Å²) >= 11 is 0. The molecule has 0 radical (unpaired) electrons. The van der Waals surface area contributed by atoms with Gasteiger partial charge in [0, 0.05) is 24.3 Å². The first kappa shape index (κ1) is 21.4. The minimum absolute atomic E-state index is 0.0298. The molecule has 0 fully saturated rings. The second kappa shape index (κ2) is 8.90. The molecule has 23 heavy (non-hydrogen) atoms. The number of hydrogen-bond donors (Lipinski definition) is 1. The van der Waals surface area contributed by atoms with Crippen LogP contribution >= 0.6 is 0 Å². The van der Waals surface area contributed by atoms with Gasteiger partial charge in [-0.1, -0.05) is 0 Å². The third-order valence-electron chi connectivity index (χ3n) is 2.36. The van der Waals surface area contributed by atoms with E-state index in [0.29, 0.717) is 0 Å². The zero-order valence-corrected chi connectivity index (χ0v) is 15.5. The van der Waals surface area contributed by atoms with Gasteiger partial charge in [0.25, 0.3) is 0 Å². The monoisotopic (exact) mass is 349 g/mol. The van der Waals surface area contributed by atoms with Crippen molar-refractivity contribution >= 4 is 32.7 Å². The van der Waals surface area contributed by atoms with Gasteiger partial charge in [0.05, 0.1) is 6.61 Å². The van der Waals surface area contributed by atoms with Crippen molar-refractivity contribution in [1.29, 1.82) is 0 Å². The number of Topliss-reactive ketones (excluding diaryl/α,β-unsaturated/α-hetero) is 1. The van der Waals surface area contributed by atoms with E-state index in [1.54, 1.807) is 27.7 Å². The number of ether oxygens (including phenoxy) is 2. The fraction of sp³-hybridized carbons (Fsp3) is 0.733. The van der Waals surface area contributed by atoms with E-state index in [4.69, 9.17) is 9.47 Å². The van der Waals surface area contributed by atoms with Crippen molar-refractivity contribution in [2.45, 2.75) is 52.2 Å². The van der Waals surface area contributed by atoms with Gasteiger partial charge >= 0.3 is 12.1 Å². The number of amides is 1. The van der Waals surface area contributed by atoms with Gasteiger partial charge in [-0.05, 0) is 43.6 Å². The number of ketones is 1. The Labute approximate surface area is 138 Å². The Morgan fingerprint density at radius 2 is 1.78 bits per heavy atom. The molecule has 7 nitrogen and oxygen atoms in total. The standard InChI is InChI=1S/C15H27NO6S/c1-7-21-13(18)12(16-14(19)22-15(2,3)4)9-8-11(17)10-23(5,6)20/h10,12H,7-9H2,1-6H3,(H,16,19)/t12-/m1/s1. The Bertz CT molecular complexity index is 547. The molecule has 0 bridgehead atoms. The number of hydrogen-bond acceptors (Lipinski definition) is 6. The molecule has 1 atom stereocenters. The van der Waals surface area contributed by atoms with Gasteiger partial charge in [-0.2, -0.15) is 0 Å². The zero-order valence-electron chi connectivity index (χ0n) is 14.6. The summed E-state index contributed by atoms with van der Waals surface area (Å²) in [5.41, 5.74) is -0.706. The molecule has 0 aromatic heterocycles. The lowest BCUT2D eigenvalue weighted by atomic mass is 10.1. The maximum absolute atomic E-state index is 11.9. The van der Waals surface area contributed by atoms with E-state index in [1.807, 2.05) is 0 Å². The van der Waals surface area contributed by atoms with Crippen molar-refractivity contribution < 1.29 is 28.1 Å². The topological polar surface area (TPSA) is 98.8 Å². The predicted molar refractivity (Wildman–Crippen MR) is 90.1 cm³/mol. The Hall–Kier alpha value is -1.57. The van der Waals surface area contributed by atoms with Crippen molar-refractivity contribution in [3.05, 3.63) is 0 Å². The largest absolute Gasteiger partial charge is 0.464 e. The van der Waals surface area contributed by atoms with E-state index in [2.05, 4.69) is 5.32 Å². The number of carbonyl (C=O) groups excluding carboxylic acids is 3. The minimum Gasteiger partial charge on any atom is -0.464 e. The molecule has 0 aromatic carbocycles. The van der Waals surface area contributed by atoms with Crippen molar-refractivity contribution in [3.8, 4) is 0 Å². The summed E-state index contributed by atoms with van der Waals surface area (Å²) in [6.07, 6.45) is 2.15. The number of alkyl carbamates (subject to hydrolysis) is 1. The van der Waals surface area contributed by atoms with Crippen LogP contribution in [0.1, 0.15) is 40.5 Å². The lowest BCUT2D eigenvalue weighted by Gasteiger charge is -2.22. The molecule has 1 N–H and O–H groups in total. The third kappa shape index (κ3) is 11.6. The molecule has 0 aliphatic rings. The lowest BCUT2D eigenvalue weighted by Crippen LogP contribution is -2.44. The van der Waals surface area contributed by atoms with Crippen LogP contribution in [0.5, 0.6) is 0 Å². The summed E-state index contributed by atoms with van der Waals surface area (Å²) in [7, 11) is -2.30. The fourth-order valence-electron chi connectivity index (χ4n) is 1.60. The molecular formula is C15H27NO6S. The number of nitrogens with one attached hydrogen (secondary N) is 1. The van der Waals surface area contributed by atoms with Crippen LogP contribution in [-0.4, -0.2) is 58.2 Å². The normalized spacial score (nSPS) is 13.0. The minimum atomic E-state index is -2.30. The Morgan fingerprint density at radius 1 is 1.22 bits per heavy atom. The van der Waals surface area contributed by atoms with E-state index in [9.17, 15) is 18.6 Å². The Morgan fingerprint density at radius 3 is 2.22 bits per heavy atom. The van der Waals surface area contributed by atoms with Crippen LogP contribution in [-0.2, 0) is 28.6 Å². The highest BCUT2D eigenvalue weighted by Gasteiger charge is 2.25. The van der Waals surface area contributed by atoms with E-state index in [0.717, 1.165) is 5.37 Å². The summed E-state index contributed by atoms with van der Waals surface area (Å²) in [6.45, 7) is 6.89. The molecule has 134 valence electrons. The fourth-order valence-corrected chi connectivity index (χ4v) is 2.35. The highest BCUT2D eigenvalue weighted by atomic mass is 32.2. The van der Waals surface area contributed by atoms with Crippen LogP contribution < -0.4 is 5.32 Å². The number of esters is 1. The van der Waals surface area contributed by atoms with E-state index in [-0.39, 0.29) is 25.2 Å². The van der Waals surface area contributed by atoms with Crippen molar-refractivity contribution in [1.82, 2.24) is 5.32 Å². The lowest BCUT2D eigenvalue weighted by molar-refractivity contribution is -0.145. The van der Waals surface area contributed by atoms with Crippen LogP contribution in [0.25, 0.3) is 0 Å². The molecule has 0 saturated heterocycles. The maximum atomic E-state index is 11.9. The van der Waals surface area contributed by atoms with Gasteiger partial charge in [0.15, 0.2) is 5.78 Å². The number of rotatable bonds is 7. The van der Waals surface area contributed by atoms with Crippen LogP contribution in [0.4, 0.5) is 4.79 Å². The number of carbonyl (C=O) groups is 3. The molecule has 0 unspecified atom stereocenters. The summed E-state index contributed by atoms with van der Waals surface area (Å²) in [4.78, 5) is 35.4. The highest BCUT2D eigenvalue weighted by Crippen LogP contribution is 2.08. The second-order valence-corrected chi connectivity index (χ2v) is 9.24. The van der Waals surface area contributed by atoms with Gasteiger partial charge < -0.3 is 14.8 Å². The summed E-state index contributed by atoms with van der Waals surface area (Å²) in [6, 6.07) is -0.994. The predicted octanol–water partition coefficient (Wildman–Crippen LogP) is 1.14. The molecule has 0 aromatic rings. The molecule has 0 heterocycles. The van der Waals surface area contributed by atoms with Crippen molar-refractivity contribution in [3.63, 3.8) is 0 Å². The zero-order chi connectivity index (χ0) is 18.3. The SMILES string of the molecule is CCOC(=O)[C@@H](CCC(=O)C=S(C)(C)=O)NC(=O)OC(C)(C)C. The molecule has 1 amide bonds. The van der Waals surface area contributed by atoms with Crippen molar-refractivity contribution in [2.24, 2.45) is 0 Å². The van der Waals surface area contributed by atoms with Crippen LogP contribution in [0.15, 0.2) is 0 Å². The first-order chi connectivity index (χ1) is 10.3. The van der Waals surface area contributed by atoms with Gasteiger partial charge in [-0.15, -0.1) is 0 Å². The Balaban J connectivity index is 4.83. The molecule has 8 heteroatoms. The Kier molecular flexibility index (Phi) is 8.30. The molecule has 0 rings (SSSR count). The summed E-state index contributed by atoms with van der Waals surface area (Å²) < 4.78 is 21.5. The first-order valence-corrected chi connectivity index (χ1v) is 9.75. The van der Waals surface area contributed by atoms with E-state index < -0.39 is 33.2 Å². The molecule has 0 aliphatic carbocycles. The molecule has 0 spiro atoms. The quantitative estimate of drug-likeness (QED) is 0.546. The van der Waals surface area contributed by atoms with Crippen LogP contribution in [0.3, 0.4) is 0 Å². The van der Waals surface area contributed by atoms with Gasteiger partial charge in [0.1, 0.15) is 11.6 Å².